The Kier molecular flexibility index (Phi) is 4.26. The average molecular weight is 284 g/mol. The molecular formula is C17H20N2O2. The number of benzene rings is 1. The normalized spacial score (nSPS) is 12.0. The lowest BCUT2D eigenvalue weighted by molar-refractivity contribution is -0.131. The van der Waals surface area contributed by atoms with Crippen molar-refractivity contribution < 1.29 is 9.90 Å². The lowest BCUT2D eigenvalue weighted by Crippen LogP contribution is -2.11. The molecule has 0 radical (unpaired) electrons. The number of hydrogen-bond donors (Lipinski definition) is 2. The van der Waals surface area contributed by atoms with Gasteiger partial charge in [0.15, 0.2) is 0 Å². The number of carboxylic acids is 1. The number of carbonyl (C=O) groups is 1. The molecule has 1 aromatic carbocycles. The van der Waals surface area contributed by atoms with Gasteiger partial charge in [-0.2, -0.15) is 0 Å². The topological polar surface area (TPSA) is 66.0 Å². The molecule has 0 aliphatic carbocycles. The molecule has 21 heavy (non-hydrogen) atoms. The summed E-state index contributed by atoms with van der Waals surface area (Å²) in [6.45, 7) is 6.44. The Bertz CT molecular complexity index is 646. The van der Waals surface area contributed by atoms with Gasteiger partial charge in [0.05, 0.1) is 0 Å². The summed E-state index contributed by atoms with van der Waals surface area (Å²) >= 11 is 0. The molecule has 0 bridgehead atoms. The summed E-state index contributed by atoms with van der Waals surface area (Å²) in [4.78, 5) is 18.2. The van der Waals surface area contributed by atoms with Crippen LogP contribution in [0.4, 0.5) is 0 Å². The van der Waals surface area contributed by atoms with Crippen LogP contribution in [-0.4, -0.2) is 21.0 Å². The van der Waals surface area contributed by atoms with Gasteiger partial charge in [0.1, 0.15) is 5.82 Å². The van der Waals surface area contributed by atoms with Crippen LogP contribution >= 0.6 is 0 Å². The van der Waals surface area contributed by atoms with E-state index < -0.39 is 5.97 Å². The van der Waals surface area contributed by atoms with Crippen molar-refractivity contribution in [1.29, 1.82) is 0 Å². The summed E-state index contributed by atoms with van der Waals surface area (Å²) in [6, 6.07) is 7.78. The Morgan fingerprint density at radius 3 is 2.48 bits per heavy atom. The summed E-state index contributed by atoms with van der Waals surface area (Å²) in [5.41, 5.74) is 3.20. The summed E-state index contributed by atoms with van der Waals surface area (Å²) < 4.78 is 0. The zero-order valence-corrected chi connectivity index (χ0v) is 12.6. The summed E-state index contributed by atoms with van der Waals surface area (Å²) in [6.07, 6.45) is 5.34. The van der Waals surface area contributed by atoms with Gasteiger partial charge in [-0.1, -0.05) is 45.0 Å². The van der Waals surface area contributed by atoms with Gasteiger partial charge in [-0.3, -0.25) is 0 Å². The number of hydrogen-bond acceptors (Lipinski definition) is 2. The molecule has 0 aliphatic rings. The fraction of sp³-hybridized carbons (Fsp3) is 0.294. The van der Waals surface area contributed by atoms with Gasteiger partial charge in [0, 0.05) is 29.8 Å². The molecule has 2 aromatic rings. The van der Waals surface area contributed by atoms with Gasteiger partial charge in [0.25, 0.3) is 0 Å². The zero-order chi connectivity index (χ0) is 15.5. The first kappa shape index (κ1) is 15.0. The van der Waals surface area contributed by atoms with Crippen LogP contribution in [0.15, 0.2) is 36.5 Å². The Hall–Kier alpha value is -2.36. The summed E-state index contributed by atoms with van der Waals surface area (Å²) in [5.74, 6) is -0.00174. The van der Waals surface area contributed by atoms with Crippen LogP contribution in [0.5, 0.6) is 0 Å². The monoisotopic (exact) mass is 284 g/mol. The average Bonchev–Trinajstić information content (AvgIpc) is 2.86. The Morgan fingerprint density at radius 2 is 1.95 bits per heavy atom. The highest BCUT2D eigenvalue weighted by Gasteiger charge is 2.16. The maximum absolute atomic E-state index is 10.5. The zero-order valence-electron chi connectivity index (χ0n) is 12.6. The van der Waals surface area contributed by atoms with Crippen molar-refractivity contribution >= 4 is 12.0 Å². The van der Waals surface area contributed by atoms with E-state index in [1.54, 1.807) is 6.08 Å². The smallest absolute Gasteiger partial charge is 0.328 e. The van der Waals surface area contributed by atoms with Crippen molar-refractivity contribution in [3.05, 3.63) is 59.2 Å². The highest BCUT2D eigenvalue weighted by atomic mass is 16.4. The van der Waals surface area contributed by atoms with Crippen molar-refractivity contribution in [3.63, 3.8) is 0 Å². The van der Waals surface area contributed by atoms with E-state index in [0.29, 0.717) is 0 Å². The van der Waals surface area contributed by atoms with E-state index in [-0.39, 0.29) is 5.41 Å². The third-order valence-electron chi connectivity index (χ3n) is 3.21. The number of rotatable bonds is 4. The third-order valence-corrected chi connectivity index (χ3v) is 3.21. The fourth-order valence-electron chi connectivity index (χ4n) is 1.94. The summed E-state index contributed by atoms with van der Waals surface area (Å²) in [7, 11) is 0. The number of aromatic nitrogens is 2. The minimum Gasteiger partial charge on any atom is -0.478 e. The molecule has 0 unspecified atom stereocenters. The van der Waals surface area contributed by atoms with Crippen LogP contribution in [0.25, 0.3) is 6.08 Å². The number of carboxylic acid groups (broad SMARTS) is 1. The first-order chi connectivity index (χ1) is 9.84. The third kappa shape index (κ3) is 4.31. The van der Waals surface area contributed by atoms with Crippen molar-refractivity contribution in [1.82, 2.24) is 9.97 Å². The predicted octanol–water partition coefficient (Wildman–Crippen LogP) is 3.40. The SMILES string of the molecule is CC(C)(C)c1cnc(Cc2ccc(C=CC(=O)O)cc2)[nH]1. The van der Waals surface area contributed by atoms with Crippen LogP contribution in [0.3, 0.4) is 0 Å². The second kappa shape index (κ2) is 5.95. The van der Waals surface area contributed by atoms with E-state index in [4.69, 9.17) is 5.11 Å². The highest BCUT2D eigenvalue weighted by molar-refractivity contribution is 5.85. The molecule has 110 valence electrons. The lowest BCUT2D eigenvalue weighted by atomic mass is 9.93. The number of nitrogens with one attached hydrogen (secondary N) is 1. The molecule has 4 nitrogen and oxygen atoms in total. The molecule has 0 fully saturated rings. The van der Waals surface area contributed by atoms with Gasteiger partial charge in [-0.15, -0.1) is 0 Å². The van der Waals surface area contributed by atoms with E-state index in [2.05, 4.69) is 30.7 Å². The molecule has 0 atom stereocenters. The van der Waals surface area contributed by atoms with Crippen molar-refractivity contribution in [3.8, 4) is 0 Å². The summed E-state index contributed by atoms with van der Waals surface area (Å²) in [5, 5.41) is 8.59. The van der Waals surface area contributed by atoms with E-state index >= 15 is 0 Å². The molecule has 1 heterocycles. The van der Waals surface area contributed by atoms with E-state index in [1.807, 2.05) is 30.5 Å². The fourth-order valence-corrected chi connectivity index (χ4v) is 1.94. The van der Waals surface area contributed by atoms with E-state index in [0.717, 1.165) is 35.1 Å². The van der Waals surface area contributed by atoms with Crippen LogP contribution < -0.4 is 0 Å². The quantitative estimate of drug-likeness (QED) is 0.846. The Labute approximate surface area is 124 Å². The molecule has 4 heteroatoms. The van der Waals surface area contributed by atoms with Gasteiger partial charge >= 0.3 is 5.97 Å². The molecule has 0 saturated heterocycles. The van der Waals surface area contributed by atoms with Crippen molar-refractivity contribution in [2.24, 2.45) is 0 Å². The predicted molar refractivity (Wildman–Crippen MR) is 83.2 cm³/mol. The van der Waals surface area contributed by atoms with Crippen LogP contribution in [-0.2, 0) is 16.6 Å². The van der Waals surface area contributed by atoms with Gasteiger partial charge in [-0.25, -0.2) is 9.78 Å². The van der Waals surface area contributed by atoms with Gasteiger partial charge < -0.3 is 10.1 Å². The van der Waals surface area contributed by atoms with Gasteiger partial charge in [-0.05, 0) is 17.2 Å². The molecule has 1 aromatic heterocycles. The maximum Gasteiger partial charge on any atom is 0.328 e. The van der Waals surface area contributed by atoms with Gasteiger partial charge in [0.2, 0.25) is 0 Å². The van der Waals surface area contributed by atoms with E-state index in [1.165, 1.54) is 0 Å². The Morgan fingerprint density at radius 1 is 1.29 bits per heavy atom. The standard InChI is InChI=1S/C17H20N2O2/c1-17(2,3)14-11-18-15(19-14)10-13-6-4-12(5-7-13)8-9-16(20)21/h4-9,11H,10H2,1-3H3,(H,18,19)(H,20,21). The minimum atomic E-state index is -0.940. The lowest BCUT2D eigenvalue weighted by Gasteiger charge is -2.15. The largest absolute Gasteiger partial charge is 0.478 e. The number of aromatic amines is 1. The van der Waals surface area contributed by atoms with Crippen molar-refractivity contribution in [2.45, 2.75) is 32.6 Å². The van der Waals surface area contributed by atoms with Crippen molar-refractivity contribution in [2.75, 3.05) is 0 Å². The van der Waals surface area contributed by atoms with E-state index in [9.17, 15) is 4.79 Å². The molecule has 0 spiro atoms. The number of aliphatic carboxylic acids is 1. The first-order valence-corrected chi connectivity index (χ1v) is 6.89. The minimum absolute atomic E-state index is 0.0662. The molecule has 2 N–H and O–H groups in total. The molecule has 0 amide bonds. The number of H-pyrrole nitrogens is 1. The Balaban J connectivity index is 2.07. The maximum atomic E-state index is 10.5. The second-order valence-electron chi connectivity index (χ2n) is 6.08. The molecule has 2 rings (SSSR count). The number of nitrogens with zero attached hydrogens (tertiary/aromatic N) is 1. The first-order valence-electron chi connectivity index (χ1n) is 6.89. The molecule has 0 saturated carbocycles. The van der Waals surface area contributed by atoms with Crippen LogP contribution in [0.2, 0.25) is 0 Å². The van der Waals surface area contributed by atoms with Crippen LogP contribution in [0.1, 0.15) is 43.4 Å². The van der Waals surface area contributed by atoms with Crippen LogP contribution in [0, 0.1) is 0 Å². The highest BCUT2D eigenvalue weighted by Crippen LogP contribution is 2.20. The number of imidazole rings is 1. The molecular weight excluding hydrogens is 264 g/mol. The second-order valence-corrected chi connectivity index (χ2v) is 6.08. The molecule has 0 aliphatic heterocycles.